The number of imidazole rings is 1. The molecular formula is C18H13FN6O. The van der Waals surface area contributed by atoms with Crippen LogP contribution < -0.4 is 5.32 Å². The van der Waals surface area contributed by atoms with E-state index in [0.717, 1.165) is 5.52 Å². The lowest BCUT2D eigenvalue weighted by Gasteiger charge is -2.27. The molecule has 2 aliphatic rings. The SMILES string of the molecule is O=C(NC1=Nc2ccc(F)cc2C2=NCCN12)c1ccc2[nH]cnc2c1. The monoisotopic (exact) mass is 348 g/mol. The van der Waals surface area contributed by atoms with Gasteiger partial charge in [0.25, 0.3) is 5.91 Å². The fourth-order valence-corrected chi connectivity index (χ4v) is 3.19. The summed E-state index contributed by atoms with van der Waals surface area (Å²) in [5, 5.41) is 2.84. The Labute approximate surface area is 147 Å². The van der Waals surface area contributed by atoms with Gasteiger partial charge in [-0.15, -0.1) is 0 Å². The number of nitrogens with one attached hydrogen (secondary N) is 2. The fourth-order valence-electron chi connectivity index (χ4n) is 3.19. The molecule has 8 heteroatoms. The molecule has 0 saturated carbocycles. The number of H-pyrrole nitrogens is 1. The second-order valence-electron chi connectivity index (χ2n) is 6.04. The molecule has 0 fully saturated rings. The summed E-state index contributed by atoms with van der Waals surface area (Å²) < 4.78 is 13.6. The van der Waals surface area contributed by atoms with Crippen LogP contribution in [0.3, 0.4) is 0 Å². The summed E-state index contributed by atoms with van der Waals surface area (Å²) in [6.45, 7) is 1.15. The van der Waals surface area contributed by atoms with Crippen LogP contribution in [0.15, 0.2) is 52.7 Å². The Kier molecular flexibility index (Phi) is 3.11. The molecule has 5 rings (SSSR count). The third-order valence-corrected chi connectivity index (χ3v) is 4.43. The number of benzene rings is 2. The summed E-state index contributed by atoms with van der Waals surface area (Å²) in [6.07, 6.45) is 1.58. The molecular weight excluding hydrogens is 335 g/mol. The van der Waals surface area contributed by atoms with Gasteiger partial charge >= 0.3 is 0 Å². The summed E-state index contributed by atoms with van der Waals surface area (Å²) in [7, 11) is 0. The van der Waals surface area contributed by atoms with E-state index in [1.165, 1.54) is 12.1 Å². The number of carbonyl (C=O) groups is 1. The van der Waals surface area contributed by atoms with E-state index in [1.54, 1.807) is 35.5 Å². The maximum Gasteiger partial charge on any atom is 0.258 e. The lowest BCUT2D eigenvalue weighted by Crippen LogP contribution is -2.47. The highest BCUT2D eigenvalue weighted by Crippen LogP contribution is 2.28. The van der Waals surface area contributed by atoms with Gasteiger partial charge in [-0.3, -0.25) is 20.0 Å². The van der Waals surface area contributed by atoms with E-state index >= 15 is 0 Å². The Hall–Kier alpha value is -3.55. The number of aromatic nitrogens is 2. The average Bonchev–Trinajstić information content (AvgIpc) is 3.31. The number of amidine groups is 1. The summed E-state index contributed by atoms with van der Waals surface area (Å²) >= 11 is 0. The van der Waals surface area contributed by atoms with Gasteiger partial charge < -0.3 is 4.98 Å². The predicted molar refractivity (Wildman–Crippen MR) is 95.2 cm³/mol. The van der Waals surface area contributed by atoms with Gasteiger partial charge in [-0.25, -0.2) is 14.4 Å². The first-order valence-electron chi connectivity index (χ1n) is 8.14. The molecule has 1 aromatic heterocycles. The Morgan fingerprint density at radius 1 is 1.23 bits per heavy atom. The van der Waals surface area contributed by atoms with Gasteiger partial charge in [0, 0.05) is 17.7 Å². The zero-order valence-electron chi connectivity index (χ0n) is 13.5. The highest BCUT2D eigenvalue weighted by Gasteiger charge is 2.30. The van der Waals surface area contributed by atoms with Crippen molar-refractivity contribution >= 4 is 34.4 Å². The Morgan fingerprint density at radius 3 is 3.08 bits per heavy atom. The van der Waals surface area contributed by atoms with Gasteiger partial charge in [0.2, 0.25) is 5.96 Å². The number of hydrogen-bond acceptors (Lipinski definition) is 5. The number of carbonyl (C=O) groups excluding carboxylic acids is 1. The molecule has 0 aliphatic carbocycles. The van der Waals surface area contributed by atoms with Crippen LogP contribution in [0.1, 0.15) is 15.9 Å². The lowest BCUT2D eigenvalue weighted by atomic mass is 10.1. The average molecular weight is 348 g/mol. The molecule has 3 heterocycles. The van der Waals surface area contributed by atoms with Gasteiger partial charge in [-0.2, -0.15) is 0 Å². The summed E-state index contributed by atoms with van der Waals surface area (Å²) in [4.78, 5) is 30.6. The molecule has 3 aromatic rings. The zero-order valence-corrected chi connectivity index (χ0v) is 13.5. The minimum Gasteiger partial charge on any atom is -0.345 e. The molecule has 2 aromatic carbocycles. The van der Waals surface area contributed by atoms with Crippen molar-refractivity contribution in [1.82, 2.24) is 20.2 Å². The number of hydrogen-bond donors (Lipinski definition) is 2. The maximum atomic E-state index is 13.6. The number of nitrogens with zero attached hydrogens (tertiary/aromatic N) is 4. The molecule has 0 saturated heterocycles. The first kappa shape index (κ1) is 14.8. The fraction of sp³-hybridized carbons (Fsp3) is 0.111. The number of aliphatic imine (C=N–C) groups is 2. The molecule has 128 valence electrons. The Morgan fingerprint density at radius 2 is 2.15 bits per heavy atom. The minimum atomic E-state index is -0.340. The molecule has 1 amide bonds. The molecule has 2 aliphatic heterocycles. The van der Waals surface area contributed by atoms with Crippen LogP contribution in [0.4, 0.5) is 10.1 Å². The number of fused-ring (bicyclic) bond motifs is 4. The molecule has 0 unspecified atom stereocenters. The van der Waals surface area contributed by atoms with Crippen LogP contribution in [-0.4, -0.2) is 45.7 Å². The van der Waals surface area contributed by atoms with Crippen molar-refractivity contribution in [3.63, 3.8) is 0 Å². The summed E-state index contributed by atoms with van der Waals surface area (Å²) in [6, 6.07) is 9.60. The van der Waals surface area contributed by atoms with E-state index in [0.29, 0.717) is 47.2 Å². The van der Waals surface area contributed by atoms with Crippen molar-refractivity contribution in [1.29, 1.82) is 0 Å². The minimum absolute atomic E-state index is 0.287. The number of guanidine groups is 1. The molecule has 7 nitrogen and oxygen atoms in total. The topological polar surface area (TPSA) is 85.7 Å². The maximum absolute atomic E-state index is 13.6. The number of halogens is 1. The number of amides is 1. The van der Waals surface area contributed by atoms with Crippen LogP contribution >= 0.6 is 0 Å². The Bertz CT molecular complexity index is 1120. The van der Waals surface area contributed by atoms with E-state index in [-0.39, 0.29) is 11.7 Å². The third-order valence-electron chi connectivity index (χ3n) is 4.43. The van der Waals surface area contributed by atoms with E-state index in [4.69, 9.17) is 0 Å². The van der Waals surface area contributed by atoms with Gasteiger partial charge in [0.15, 0.2) is 0 Å². The molecule has 26 heavy (non-hydrogen) atoms. The molecule has 0 atom stereocenters. The van der Waals surface area contributed by atoms with Crippen LogP contribution in [0.5, 0.6) is 0 Å². The van der Waals surface area contributed by atoms with Crippen LogP contribution in [0.25, 0.3) is 11.0 Å². The molecule has 0 bridgehead atoms. The van der Waals surface area contributed by atoms with Crippen LogP contribution in [0, 0.1) is 5.82 Å². The molecule has 2 N–H and O–H groups in total. The zero-order chi connectivity index (χ0) is 17.7. The van der Waals surface area contributed by atoms with Crippen molar-refractivity contribution in [2.45, 2.75) is 0 Å². The third kappa shape index (κ3) is 2.26. The molecule has 0 radical (unpaired) electrons. The number of rotatable bonds is 1. The van der Waals surface area contributed by atoms with Crippen molar-refractivity contribution in [2.75, 3.05) is 13.1 Å². The second kappa shape index (κ2) is 5.48. The standard InChI is InChI=1S/C18H13FN6O/c19-11-2-4-13-12(8-11)16-20-5-6-25(16)18(23-13)24-17(26)10-1-3-14-15(7-10)22-9-21-14/h1-4,7-9H,5-6H2,(H,21,22)(H,23,24,26). The highest BCUT2D eigenvalue weighted by atomic mass is 19.1. The van der Waals surface area contributed by atoms with Crippen molar-refractivity contribution < 1.29 is 9.18 Å². The van der Waals surface area contributed by atoms with Gasteiger partial charge in [0.05, 0.1) is 29.6 Å². The lowest BCUT2D eigenvalue weighted by molar-refractivity contribution is 0.0974. The largest absolute Gasteiger partial charge is 0.345 e. The van der Waals surface area contributed by atoms with E-state index < -0.39 is 0 Å². The smallest absolute Gasteiger partial charge is 0.258 e. The quantitative estimate of drug-likeness (QED) is 0.707. The predicted octanol–water partition coefficient (Wildman–Crippen LogP) is 2.20. The van der Waals surface area contributed by atoms with Gasteiger partial charge in [0.1, 0.15) is 11.7 Å². The van der Waals surface area contributed by atoms with Crippen LogP contribution in [0.2, 0.25) is 0 Å². The second-order valence-corrected chi connectivity index (χ2v) is 6.04. The van der Waals surface area contributed by atoms with Crippen LogP contribution in [-0.2, 0) is 0 Å². The Balaban J connectivity index is 1.50. The van der Waals surface area contributed by atoms with E-state index in [9.17, 15) is 9.18 Å². The highest BCUT2D eigenvalue weighted by molar-refractivity contribution is 6.19. The number of aromatic amines is 1. The van der Waals surface area contributed by atoms with Crippen molar-refractivity contribution in [2.24, 2.45) is 9.98 Å². The first-order valence-corrected chi connectivity index (χ1v) is 8.14. The first-order chi connectivity index (χ1) is 12.7. The summed E-state index contributed by atoms with van der Waals surface area (Å²) in [5.74, 6) is 0.402. The van der Waals surface area contributed by atoms with E-state index in [2.05, 4.69) is 25.3 Å². The van der Waals surface area contributed by atoms with Crippen molar-refractivity contribution in [3.8, 4) is 0 Å². The van der Waals surface area contributed by atoms with E-state index in [1.807, 2.05) is 0 Å². The van der Waals surface area contributed by atoms with Gasteiger partial charge in [-0.05, 0) is 36.4 Å². The summed E-state index contributed by atoms with van der Waals surface area (Å²) in [5.41, 5.74) is 3.28. The normalized spacial score (nSPS) is 15.3. The van der Waals surface area contributed by atoms with Gasteiger partial charge in [-0.1, -0.05) is 0 Å². The molecule has 0 spiro atoms. The van der Waals surface area contributed by atoms with Crippen molar-refractivity contribution in [3.05, 3.63) is 59.7 Å².